The third-order valence-corrected chi connectivity index (χ3v) is 8.87. The van der Waals surface area contributed by atoms with Crippen LogP contribution in [0.3, 0.4) is 0 Å². The predicted octanol–water partition coefficient (Wildman–Crippen LogP) is 2.27. The molecule has 2 unspecified atom stereocenters. The summed E-state index contributed by atoms with van der Waals surface area (Å²) in [5, 5.41) is 11.9. The first-order valence-corrected chi connectivity index (χ1v) is 13.6. The van der Waals surface area contributed by atoms with Crippen molar-refractivity contribution in [2.24, 2.45) is 17.9 Å². The number of imidazole rings is 1. The summed E-state index contributed by atoms with van der Waals surface area (Å²) in [7, 11) is 1.66. The molecular weight excluding hydrogens is 502 g/mol. The number of hydrogen-bond donors (Lipinski definition) is 2. The Morgan fingerprint density at radius 1 is 1.13 bits per heavy atom. The number of aromatic nitrogens is 2. The molecule has 3 aliphatic heterocycles. The minimum Gasteiger partial charge on any atom is -0.465 e. The molecule has 11 heteroatoms. The van der Waals surface area contributed by atoms with Gasteiger partial charge in [-0.2, -0.15) is 0 Å². The molecule has 1 spiro atoms. The van der Waals surface area contributed by atoms with Crippen molar-refractivity contribution in [3.05, 3.63) is 34.2 Å². The second-order valence-electron chi connectivity index (χ2n) is 12.4. The molecule has 5 rings (SSSR count). The Kier molecular flexibility index (Phi) is 6.59. The van der Waals surface area contributed by atoms with Crippen molar-refractivity contribution in [3.8, 4) is 0 Å². The van der Waals surface area contributed by atoms with Gasteiger partial charge in [0.05, 0.1) is 11.0 Å². The zero-order chi connectivity index (χ0) is 28.3. The number of nitrogens with zero attached hydrogens (tertiary/aromatic N) is 4. The number of amides is 4. The van der Waals surface area contributed by atoms with Gasteiger partial charge in [0.1, 0.15) is 6.04 Å². The predicted molar refractivity (Wildman–Crippen MR) is 143 cm³/mol. The third-order valence-electron chi connectivity index (χ3n) is 8.87. The summed E-state index contributed by atoms with van der Waals surface area (Å²) >= 11 is 0. The highest BCUT2D eigenvalue weighted by Crippen LogP contribution is 2.52. The number of para-hydroxylation sites is 1. The van der Waals surface area contributed by atoms with Gasteiger partial charge in [-0.1, -0.05) is 32.9 Å². The van der Waals surface area contributed by atoms with Crippen LogP contribution in [-0.2, 0) is 27.9 Å². The van der Waals surface area contributed by atoms with E-state index in [-0.39, 0.29) is 53.6 Å². The van der Waals surface area contributed by atoms with Crippen molar-refractivity contribution in [1.29, 1.82) is 0 Å². The Balaban J connectivity index is 1.28. The van der Waals surface area contributed by atoms with Crippen LogP contribution in [0.15, 0.2) is 23.0 Å². The van der Waals surface area contributed by atoms with E-state index < -0.39 is 18.0 Å². The topological polar surface area (TPSA) is 134 Å². The van der Waals surface area contributed by atoms with E-state index in [1.807, 2.05) is 17.0 Å². The number of nitrogens with one attached hydrogen (secondary N) is 1. The van der Waals surface area contributed by atoms with Crippen LogP contribution in [0.5, 0.6) is 0 Å². The van der Waals surface area contributed by atoms with E-state index in [1.54, 1.807) is 18.0 Å². The van der Waals surface area contributed by atoms with Crippen LogP contribution in [0.1, 0.15) is 64.5 Å². The highest BCUT2D eigenvalue weighted by Gasteiger charge is 2.59. The molecule has 3 aliphatic rings. The van der Waals surface area contributed by atoms with E-state index in [4.69, 9.17) is 0 Å². The molecule has 1 aromatic carbocycles. The van der Waals surface area contributed by atoms with Gasteiger partial charge < -0.3 is 14.9 Å². The van der Waals surface area contributed by atoms with E-state index >= 15 is 0 Å². The second kappa shape index (κ2) is 9.53. The number of likely N-dealkylation sites (tertiary alicyclic amines) is 2. The normalized spacial score (nSPS) is 23.2. The fourth-order valence-corrected chi connectivity index (χ4v) is 7.28. The van der Waals surface area contributed by atoms with Crippen LogP contribution in [0, 0.1) is 10.8 Å². The zero-order valence-corrected chi connectivity index (χ0v) is 23.0. The number of carboxylic acid groups (broad SMARTS) is 1. The second-order valence-corrected chi connectivity index (χ2v) is 12.4. The van der Waals surface area contributed by atoms with Crippen molar-refractivity contribution < 1.29 is 24.3 Å². The monoisotopic (exact) mass is 539 g/mol. The van der Waals surface area contributed by atoms with Crippen molar-refractivity contribution >= 4 is 34.8 Å². The number of aryl methyl sites for hydroxylation is 2. The van der Waals surface area contributed by atoms with Gasteiger partial charge >= 0.3 is 11.8 Å². The van der Waals surface area contributed by atoms with Crippen LogP contribution in [-0.4, -0.2) is 73.5 Å². The molecule has 0 aliphatic carbocycles. The van der Waals surface area contributed by atoms with Crippen LogP contribution in [0.4, 0.5) is 4.79 Å². The molecule has 4 heterocycles. The average Bonchev–Trinajstić information content (AvgIpc) is 3.10. The lowest BCUT2D eigenvalue weighted by Crippen LogP contribution is -2.72. The molecule has 2 aromatic rings. The summed E-state index contributed by atoms with van der Waals surface area (Å²) in [6.45, 7) is 7.96. The van der Waals surface area contributed by atoms with Crippen LogP contribution >= 0.6 is 0 Å². The zero-order valence-electron chi connectivity index (χ0n) is 23.0. The number of carbonyl (C=O) groups is 4. The largest absolute Gasteiger partial charge is 0.465 e. The Morgan fingerprint density at radius 2 is 1.82 bits per heavy atom. The van der Waals surface area contributed by atoms with Gasteiger partial charge in [-0.25, -0.2) is 9.59 Å². The van der Waals surface area contributed by atoms with Gasteiger partial charge in [0, 0.05) is 51.0 Å². The molecule has 2 N–H and O–H groups in total. The van der Waals surface area contributed by atoms with E-state index in [0.29, 0.717) is 37.1 Å². The minimum absolute atomic E-state index is 0.0400. The maximum absolute atomic E-state index is 13.2. The lowest BCUT2D eigenvalue weighted by atomic mass is 9.58. The highest BCUT2D eigenvalue weighted by molar-refractivity contribution is 6.00. The van der Waals surface area contributed by atoms with Gasteiger partial charge in [0.15, 0.2) is 0 Å². The molecule has 0 saturated carbocycles. The van der Waals surface area contributed by atoms with Crippen LogP contribution < -0.4 is 11.0 Å². The molecule has 4 amide bonds. The van der Waals surface area contributed by atoms with Crippen LogP contribution in [0.25, 0.3) is 11.0 Å². The minimum atomic E-state index is -0.880. The lowest BCUT2D eigenvalue weighted by molar-refractivity contribution is -0.150. The average molecular weight is 540 g/mol. The van der Waals surface area contributed by atoms with Crippen molar-refractivity contribution in [2.45, 2.75) is 71.4 Å². The molecule has 0 bridgehead atoms. The van der Waals surface area contributed by atoms with Gasteiger partial charge in [-0.15, -0.1) is 0 Å². The molecule has 210 valence electrons. The molecule has 3 fully saturated rings. The van der Waals surface area contributed by atoms with Gasteiger partial charge in [-0.3, -0.25) is 28.8 Å². The molecule has 3 saturated heterocycles. The number of piperidine rings is 2. The summed E-state index contributed by atoms with van der Waals surface area (Å²) in [5.41, 5.74) is 1.56. The molecule has 1 aromatic heterocycles. The van der Waals surface area contributed by atoms with E-state index in [1.165, 1.54) is 9.13 Å². The van der Waals surface area contributed by atoms with Gasteiger partial charge in [0.2, 0.25) is 17.7 Å². The first kappa shape index (κ1) is 27.0. The molecule has 11 nitrogen and oxygen atoms in total. The Bertz CT molecular complexity index is 1410. The quantitative estimate of drug-likeness (QED) is 0.573. The van der Waals surface area contributed by atoms with Crippen LogP contribution in [0.2, 0.25) is 0 Å². The standard InChI is InChI=1S/C28H37N5O6/c1-27(2,3)24-28(16-32(24)26(38)39)12-14-31(15-13-28)21(35)11-8-17-6-5-7-18-22(17)30(4)25(37)33(18)19-9-10-20(34)29-23(19)36/h5-7,19,24H,8-16H2,1-4H3,(H,38,39)(H,29,34,36). The summed E-state index contributed by atoms with van der Waals surface area (Å²) in [6.07, 6.45) is 1.86. The van der Waals surface area contributed by atoms with Gasteiger partial charge in [-0.05, 0) is 42.7 Å². The fourth-order valence-electron chi connectivity index (χ4n) is 7.28. The maximum Gasteiger partial charge on any atom is 0.407 e. The Morgan fingerprint density at radius 3 is 2.44 bits per heavy atom. The number of hydrogen-bond acceptors (Lipinski definition) is 5. The van der Waals surface area contributed by atoms with Crippen molar-refractivity contribution in [3.63, 3.8) is 0 Å². The number of fused-ring (bicyclic) bond motifs is 1. The first-order valence-electron chi connectivity index (χ1n) is 13.6. The smallest absolute Gasteiger partial charge is 0.407 e. The molecule has 2 atom stereocenters. The van der Waals surface area contributed by atoms with Crippen molar-refractivity contribution in [1.82, 2.24) is 24.3 Å². The SMILES string of the molecule is Cn1c(=O)n(C2CCC(=O)NC2=O)c2cccc(CCC(=O)N3CCC4(CC3)CN(C(=O)O)C4C(C)(C)C)c21. The lowest BCUT2D eigenvalue weighted by Gasteiger charge is -2.63. The van der Waals surface area contributed by atoms with Crippen molar-refractivity contribution in [2.75, 3.05) is 19.6 Å². The van der Waals surface area contributed by atoms with E-state index in [2.05, 4.69) is 26.1 Å². The Hall–Kier alpha value is -3.63. The van der Waals surface area contributed by atoms with E-state index in [9.17, 15) is 29.1 Å². The third kappa shape index (κ3) is 4.51. The Labute approximate surface area is 226 Å². The maximum atomic E-state index is 13.2. The number of benzene rings is 1. The first-order chi connectivity index (χ1) is 18.3. The molecule has 0 radical (unpaired) electrons. The number of imide groups is 1. The van der Waals surface area contributed by atoms with Gasteiger partial charge in [0.25, 0.3) is 0 Å². The summed E-state index contributed by atoms with van der Waals surface area (Å²) < 4.78 is 2.97. The fraction of sp³-hybridized carbons (Fsp3) is 0.607. The molecule has 39 heavy (non-hydrogen) atoms. The summed E-state index contributed by atoms with van der Waals surface area (Å²) in [6, 6.07) is 4.70. The summed E-state index contributed by atoms with van der Waals surface area (Å²) in [4.78, 5) is 65.6. The number of rotatable bonds is 4. The number of carbonyl (C=O) groups excluding carboxylic acids is 3. The highest BCUT2D eigenvalue weighted by atomic mass is 16.4. The van der Waals surface area contributed by atoms with E-state index in [0.717, 1.165) is 18.4 Å². The summed E-state index contributed by atoms with van der Waals surface area (Å²) in [5.74, 6) is -0.771. The molecular formula is C28H37N5O6.